The lowest BCUT2D eigenvalue weighted by Gasteiger charge is -2.19. The number of hydrogen-bond acceptors (Lipinski definition) is 4. The number of carbonyl (C=O) groups is 1. The predicted octanol–water partition coefficient (Wildman–Crippen LogP) is 2.28. The van der Waals surface area contributed by atoms with Crippen LogP contribution in [0.3, 0.4) is 0 Å². The van der Waals surface area contributed by atoms with Gasteiger partial charge < -0.3 is 25.3 Å². The van der Waals surface area contributed by atoms with E-state index in [2.05, 4.69) is 30.5 Å². The van der Waals surface area contributed by atoms with Crippen LogP contribution < -0.4 is 16.0 Å². The number of carbonyl (C=O) groups excluding carboxylic acids is 1. The summed E-state index contributed by atoms with van der Waals surface area (Å²) in [6, 6.07) is 0. The van der Waals surface area contributed by atoms with Gasteiger partial charge in [-0.3, -0.25) is 4.99 Å². The van der Waals surface area contributed by atoms with E-state index in [1.54, 1.807) is 7.05 Å². The molecule has 1 rings (SSSR count). The number of aromatic nitrogens is 2. The van der Waals surface area contributed by atoms with E-state index in [-0.39, 0.29) is 24.0 Å². The summed E-state index contributed by atoms with van der Waals surface area (Å²) in [5.41, 5.74) is -0.482. The zero-order valence-electron chi connectivity index (χ0n) is 16.5. The smallest absolute Gasteiger partial charge is 0.407 e. The average Bonchev–Trinajstić information content (AvgIpc) is 2.92. The highest BCUT2D eigenvalue weighted by Crippen LogP contribution is 2.05. The standard InChI is InChI=1S/C17H32N6O2.HI/c1-14-19-11-13-23(14)12-7-6-8-20-15(18-5)21-9-10-22-16(24)25-17(2,3)4;/h11,13H,6-10,12H2,1-5H3,(H,22,24)(H2,18,20,21);1H. The number of nitrogens with zero attached hydrogens (tertiary/aromatic N) is 3. The number of imidazole rings is 1. The molecule has 9 heteroatoms. The van der Waals surface area contributed by atoms with Gasteiger partial charge in [-0.1, -0.05) is 0 Å². The summed E-state index contributed by atoms with van der Waals surface area (Å²) < 4.78 is 7.32. The molecule has 0 aliphatic heterocycles. The van der Waals surface area contributed by atoms with Gasteiger partial charge in [-0.15, -0.1) is 24.0 Å². The van der Waals surface area contributed by atoms with Crippen LogP contribution in [-0.2, 0) is 11.3 Å². The van der Waals surface area contributed by atoms with E-state index in [4.69, 9.17) is 4.74 Å². The van der Waals surface area contributed by atoms with Crippen LogP contribution in [-0.4, -0.2) is 53.9 Å². The Morgan fingerprint density at radius 3 is 2.42 bits per heavy atom. The van der Waals surface area contributed by atoms with Crippen LogP contribution in [0.25, 0.3) is 0 Å². The SMILES string of the molecule is CN=C(NCCCCn1ccnc1C)NCCNC(=O)OC(C)(C)C.I. The van der Waals surface area contributed by atoms with Gasteiger partial charge in [0.1, 0.15) is 11.4 Å². The first-order chi connectivity index (χ1) is 11.8. The molecule has 150 valence electrons. The number of guanidine groups is 1. The molecule has 8 nitrogen and oxygen atoms in total. The maximum Gasteiger partial charge on any atom is 0.407 e. The van der Waals surface area contributed by atoms with Gasteiger partial charge in [-0.05, 0) is 40.5 Å². The van der Waals surface area contributed by atoms with Crippen molar-refractivity contribution in [1.29, 1.82) is 0 Å². The normalized spacial score (nSPS) is 11.5. The molecule has 26 heavy (non-hydrogen) atoms. The van der Waals surface area contributed by atoms with Crippen molar-refractivity contribution in [3.05, 3.63) is 18.2 Å². The van der Waals surface area contributed by atoms with E-state index < -0.39 is 11.7 Å². The van der Waals surface area contributed by atoms with Crippen LogP contribution in [0.1, 0.15) is 39.4 Å². The van der Waals surface area contributed by atoms with E-state index in [9.17, 15) is 4.79 Å². The molecule has 0 bridgehead atoms. The largest absolute Gasteiger partial charge is 0.444 e. The number of halogens is 1. The number of nitrogens with one attached hydrogen (secondary N) is 3. The number of aliphatic imine (C=N–C) groups is 1. The Kier molecular flexibility index (Phi) is 12.0. The van der Waals surface area contributed by atoms with Crippen molar-refractivity contribution in [2.45, 2.75) is 52.7 Å². The molecular formula is C17H33IN6O2. The Labute approximate surface area is 173 Å². The first-order valence-electron chi connectivity index (χ1n) is 8.71. The molecule has 0 fully saturated rings. The predicted molar refractivity (Wildman–Crippen MR) is 115 cm³/mol. The van der Waals surface area contributed by atoms with E-state index in [1.807, 2.05) is 40.1 Å². The first kappa shape index (κ1) is 24.5. The van der Waals surface area contributed by atoms with Crippen molar-refractivity contribution < 1.29 is 9.53 Å². The summed E-state index contributed by atoms with van der Waals surface area (Å²) in [6.07, 6.45) is 5.52. The molecule has 0 aliphatic rings. The molecule has 0 aliphatic carbocycles. The lowest BCUT2D eigenvalue weighted by atomic mass is 10.2. The number of aryl methyl sites for hydroxylation is 2. The van der Waals surface area contributed by atoms with Gasteiger partial charge in [-0.25, -0.2) is 9.78 Å². The molecule has 0 unspecified atom stereocenters. The molecule has 0 saturated heterocycles. The van der Waals surface area contributed by atoms with Crippen molar-refractivity contribution in [2.24, 2.45) is 4.99 Å². The zero-order valence-corrected chi connectivity index (χ0v) is 18.8. The quantitative estimate of drug-likeness (QED) is 0.230. The number of rotatable bonds is 8. The fourth-order valence-electron chi connectivity index (χ4n) is 2.13. The summed E-state index contributed by atoms with van der Waals surface area (Å²) in [4.78, 5) is 19.9. The summed E-state index contributed by atoms with van der Waals surface area (Å²) in [5.74, 6) is 1.77. The van der Waals surface area contributed by atoms with Crippen LogP contribution in [0.5, 0.6) is 0 Å². The molecule has 1 aromatic rings. The van der Waals surface area contributed by atoms with Gasteiger partial charge in [0.2, 0.25) is 0 Å². The second-order valence-corrected chi connectivity index (χ2v) is 6.73. The number of unbranched alkanes of at least 4 members (excludes halogenated alkanes) is 1. The highest BCUT2D eigenvalue weighted by molar-refractivity contribution is 14.0. The molecule has 1 amide bonds. The minimum Gasteiger partial charge on any atom is -0.444 e. The van der Waals surface area contributed by atoms with Gasteiger partial charge in [0.05, 0.1) is 0 Å². The maximum atomic E-state index is 11.5. The van der Waals surface area contributed by atoms with Crippen molar-refractivity contribution >= 4 is 36.0 Å². The van der Waals surface area contributed by atoms with E-state index in [1.165, 1.54) is 0 Å². The van der Waals surface area contributed by atoms with Gasteiger partial charge in [-0.2, -0.15) is 0 Å². The summed E-state index contributed by atoms with van der Waals surface area (Å²) in [6.45, 7) is 10.4. The molecule has 1 heterocycles. The van der Waals surface area contributed by atoms with Crippen LogP contribution in [0.2, 0.25) is 0 Å². The number of amides is 1. The van der Waals surface area contributed by atoms with Gasteiger partial charge >= 0.3 is 6.09 Å². The lowest BCUT2D eigenvalue weighted by molar-refractivity contribution is 0.0529. The fraction of sp³-hybridized carbons (Fsp3) is 0.706. The molecule has 0 radical (unpaired) electrons. The molecule has 0 spiro atoms. The maximum absolute atomic E-state index is 11.5. The Hall–Kier alpha value is -1.52. The highest BCUT2D eigenvalue weighted by atomic mass is 127. The Morgan fingerprint density at radius 2 is 1.85 bits per heavy atom. The summed E-state index contributed by atoms with van der Waals surface area (Å²) in [5, 5.41) is 9.12. The average molecular weight is 480 g/mol. The molecule has 3 N–H and O–H groups in total. The highest BCUT2D eigenvalue weighted by Gasteiger charge is 2.15. The Balaban J connectivity index is 0.00000625. The van der Waals surface area contributed by atoms with Crippen molar-refractivity contribution in [3.8, 4) is 0 Å². The third-order valence-corrected chi connectivity index (χ3v) is 3.35. The minimum absolute atomic E-state index is 0. The van der Waals surface area contributed by atoms with Crippen LogP contribution in [0.4, 0.5) is 4.79 Å². The van der Waals surface area contributed by atoms with Crippen molar-refractivity contribution in [1.82, 2.24) is 25.5 Å². The van der Waals surface area contributed by atoms with E-state index in [0.29, 0.717) is 13.1 Å². The second-order valence-electron chi connectivity index (χ2n) is 6.73. The third kappa shape index (κ3) is 11.2. The zero-order chi connectivity index (χ0) is 18.7. The van der Waals surface area contributed by atoms with E-state index >= 15 is 0 Å². The molecule has 0 atom stereocenters. The van der Waals surface area contributed by atoms with E-state index in [0.717, 1.165) is 37.7 Å². The molecular weight excluding hydrogens is 447 g/mol. The van der Waals surface area contributed by atoms with Gasteiger partial charge in [0, 0.05) is 45.6 Å². The first-order valence-corrected chi connectivity index (χ1v) is 8.71. The topological polar surface area (TPSA) is 92.6 Å². The summed E-state index contributed by atoms with van der Waals surface area (Å²) >= 11 is 0. The van der Waals surface area contributed by atoms with Crippen LogP contribution in [0, 0.1) is 6.92 Å². The van der Waals surface area contributed by atoms with Crippen molar-refractivity contribution in [3.63, 3.8) is 0 Å². The van der Waals surface area contributed by atoms with Crippen LogP contribution in [0.15, 0.2) is 17.4 Å². The number of alkyl carbamates (subject to hydrolysis) is 1. The summed E-state index contributed by atoms with van der Waals surface area (Å²) in [7, 11) is 1.73. The Bertz CT molecular complexity index is 554. The number of ether oxygens (including phenoxy) is 1. The lowest BCUT2D eigenvalue weighted by Crippen LogP contribution is -2.42. The second kappa shape index (κ2) is 12.8. The Morgan fingerprint density at radius 1 is 1.19 bits per heavy atom. The third-order valence-electron chi connectivity index (χ3n) is 3.35. The van der Waals surface area contributed by atoms with Gasteiger partial charge in [0.25, 0.3) is 0 Å². The number of hydrogen-bond donors (Lipinski definition) is 3. The fourth-order valence-corrected chi connectivity index (χ4v) is 2.13. The molecule has 1 aromatic heterocycles. The van der Waals surface area contributed by atoms with Crippen molar-refractivity contribution in [2.75, 3.05) is 26.7 Å². The van der Waals surface area contributed by atoms with Crippen LogP contribution >= 0.6 is 24.0 Å². The van der Waals surface area contributed by atoms with Gasteiger partial charge in [0.15, 0.2) is 5.96 Å². The monoisotopic (exact) mass is 480 g/mol. The minimum atomic E-state index is -0.482. The molecule has 0 saturated carbocycles. The molecule has 0 aromatic carbocycles.